The molecule has 76 valence electrons. The molecular weight excluding hydrogens is 221 g/mol. The topological polar surface area (TPSA) is 53.1 Å². The molecule has 14 heavy (non-hydrogen) atoms. The Hall–Kier alpha value is -0.930. The Kier molecular flexibility index (Phi) is 3.61. The summed E-state index contributed by atoms with van der Waals surface area (Å²) in [4.78, 5) is 1.60. The van der Waals surface area contributed by atoms with E-state index >= 15 is 0 Å². The van der Waals surface area contributed by atoms with Gasteiger partial charge in [0.1, 0.15) is 0 Å². The first-order valence-electron chi connectivity index (χ1n) is 4.13. The van der Waals surface area contributed by atoms with Gasteiger partial charge in [-0.1, -0.05) is 23.2 Å². The minimum atomic E-state index is -0.0308. The van der Waals surface area contributed by atoms with Crippen LogP contribution in [0.25, 0.3) is 0 Å². The fourth-order valence-electron chi connectivity index (χ4n) is 1.17. The van der Waals surface area contributed by atoms with Gasteiger partial charge in [0, 0.05) is 11.6 Å². The van der Waals surface area contributed by atoms with Crippen molar-refractivity contribution in [3.8, 4) is 0 Å². The largest absolute Gasteiger partial charge is 0.370 e. The zero-order valence-corrected chi connectivity index (χ0v) is 9.23. The van der Waals surface area contributed by atoms with Crippen molar-refractivity contribution < 1.29 is 0 Å². The molecule has 0 fully saturated rings. The molecule has 0 saturated carbocycles. The molecule has 1 rings (SSSR count). The molecule has 0 amide bonds. The van der Waals surface area contributed by atoms with E-state index in [0.29, 0.717) is 22.3 Å². The Morgan fingerprint density at radius 3 is 2.57 bits per heavy atom. The van der Waals surface area contributed by atoms with E-state index in [0.717, 1.165) is 0 Å². The molecule has 0 unspecified atom stereocenters. The zero-order chi connectivity index (χ0) is 10.7. The lowest BCUT2D eigenvalue weighted by molar-refractivity contribution is 1.03. The van der Waals surface area contributed by atoms with Gasteiger partial charge in [0.25, 0.3) is 0 Å². The Labute approximate surface area is 92.9 Å². The van der Waals surface area contributed by atoms with Crippen LogP contribution >= 0.6 is 23.2 Å². The number of nitrogens with one attached hydrogen (secondary N) is 1. The van der Waals surface area contributed by atoms with E-state index in [-0.39, 0.29) is 5.96 Å². The molecule has 0 aliphatic heterocycles. The van der Waals surface area contributed by atoms with Crippen molar-refractivity contribution in [2.24, 2.45) is 5.73 Å². The van der Waals surface area contributed by atoms with Crippen LogP contribution in [0.4, 0.5) is 5.69 Å². The number of nitrogens with zero attached hydrogens (tertiary/aromatic N) is 1. The highest BCUT2D eigenvalue weighted by atomic mass is 35.5. The van der Waals surface area contributed by atoms with Crippen molar-refractivity contribution in [2.45, 2.75) is 6.92 Å². The summed E-state index contributed by atoms with van der Waals surface area (Å²) in [5.41, 5.74) is 6.10. The Morgan fingerprint density at radius 1 is 1.50 bits per heavy atom. The predicted octanol–water partition coefficient (Wildman–Crippen LogP) is 2.71. The molecule has 0 atom stereocenters. The molecule has 0 aliphatic carbocycles. The van der Waals surface area contributed by atoms with Crippen LogP contribution in [-0.4, -0.2) is 12.5 Å². The second-order valence-electron chi connectivity index (χ2n) is 2.73. The summed E-state index contributed by atoms with van der Waals surface area (Å²) in [6, 6.07) is 5.09. The Morgan fingerprint density at radius 2 is 2.14 bits per heavy atom. The van der Waals surface area contributed by atoms with Crippen LogP contribution in [-0.2, 0) is 0 Å². The van der Waals surface area contributed by atoms with E-state index < -0.39 is 0 Å². The third kappa shape index (κ3) is 2.30. The summed E-state index contributed by atoms with van der Waals surface area (Å²) in [5.74, 6) is -0.0308. The van der Waals surface area contributed by atoms with Crippen LogP contribution < -0.4 is 10.6 Å². The van der Waals surface area contributed by atoms with Gasteiger partial charge in [-0.3, -0.25) is 5.41 Å². The summed E-state index contributed by atoms with van der Waals surface area (Å²) in [5, 5.41) is 8.41. The minimum absolute atomic E-state index is 0.0308. The lowest BCUT2D eigenvalue weighted by atomic mass is 10.3. The fourth-order valence-corrected chi connectivity index (χ4v) is 1.68. The first-order valence-corrected chi connectivity index (χ1v) is 4.88. The third-order valence-corrected chi connectivity index (χ3v) is 2.35. The summed E-state index contributed by atoms with van der Waals surface area (Å²) in [7, 11) is 0. The van der Waals surface area contributed by atoms with E-state index in [9.17, 15) is 0 Å². The highest BCUT2D eigenvalue weighted by molar-refractivity contribution is 6.36. The lowest BCUT2D eigenvalue weighted by Gasteiger charge is -2.21. The average molecular weight is 232 g/mol. The number of anilines is 1. The SMILES string of the molecule is CCN(C(=N)N)c1ccc(Cl)cc1Cl. The van der Waals surface area contributed by atoms with Crippen LogP contribution in [0.5, 0.6) is 0 Å². The number of rotatable bonds is 2. The number of hydrogen-bond donors (Lipinski definition) is 2. The number of halogens is 2. The van der Waals surface area contributed by atoms with Gasteiger partial charge in [0.05, 0.1) is 10.7 Å². The molecule has 5 heteroatoms. The van der Waals surface area contributed by atoms with E-state index in [1.807, 2.05) is 6.92 Å². The molecule has 3 N–H and O–H groups in total. The van der Waals surface area contributed by atoms with Crippen LogP contribution in [0, 0.1) is 5.41 Å². The molecule has 0 bridgehead atoms. The van der Waals surface area contributed by atoms with Gasteiger partial charge in [-0.05, 0) is 25.1 Å². The highest BCUT2D eigenvalue weighted by Gasteiger charge is 2.10. The maximum atomic E-state index is 7.35. The molecule has 0 spiro atoms. The predicted molar refractivity (Wildman–Crippen MR) is 61.4 cm³/mol. The molecule has 0 saturated heterocycles. The smallest absolute Gasteiger partial charge is 0.192 e. The number of guanidine groups is 1. The van der Waals surface area contributed by atoms with Crippen LogP contribution in [0.15, 0.2) is 18.2 Å². The second kappa shape index (κ2) is 4.53. The van der Waals surface area contributed by atoms with E-state index in [1.54, 1.807) is 23.1 Å². The minimum Gasteiger partial charge on any atom is -0.370 e. The average Bonchev–Trinajstić information content (AvgIpc) is 2.09. The van der Waals surface area contributed by atoms with Crippen molar-refractivity contribution in [1.82, 2.24) is 0 Å². The highest BCUT2D eigenvalue weighted by Crippen LogP contribution is 2.28. The summed E-state index contributed by atoms with van der Waals surface area (Å²) in [6.07, 6.45) is 0. The maximum absolute atomic E-state index is 7.35. The second-order valence-corrected chi connectivity index (χ2v) is 3.57. The van der Waals surface area contributed by atoms with Gasteiger partial charge in [0.15, 0.2) is 5.96 Å². The van der Waals surface area contributed by atoms with Crippen molar-refractivity contribution >= 4 is 34.8 Å². The summed E-state index contributed by atoms with van der Waals surface area (Å²) >= 11 is 11.7. The van der Waals surface area contributed by atoms with Gasteiger partial charge < -0.3 is 10.6 Å². The lowest BCUT2D eigenvalue weighted by Crippen LogP contribution is -2.36. The molecule has 1 aromatic carbocycles. The van der Waals surface area contributed by atoms with Gasteiger partial charge in [-0.25, -0.2) is 0 Å². The van der Waals surface area contributed by atoms with Crippen LogP contribution in [0.1, 0.15) is 6.92 Å². The summed E-state index contributed by atoms with van der Waals surface area (Å²) in [6.45, 7) is 2.49. The van der Waals surface area contributed by atoms with Crippen LogP contribution in [0.3, 0.4) is 0 Å². The molecule has 1 aromatic rings. The van der Waals surface area contributed by atoms with E-state index in [1.165, 1.54) is 0 Å². The number of nitrogens with two attached hydrogens (primary N) is 1. The normalized spacial score (nSPS) is 9.93. The van der Waals surface area contributed by atoms with Gasteiger partial charge in [0.2, 0.25) is 0 Å². The number of benzene rings is 1. The van der Waals surface area contributed by atoms with Gasteiger partial charge in [-0.15, -0.1) is 0 Å². The Bertz CT molecular complexity index is 352. The molecular formula is C9H11Cl2N3. The molecule has 3 nitrogen and oxygen atoms in total. The molecule has 0 heterocycles. The van der Waals surface area contributed by atoms with Crippen LogP contribution in [0.2, 0.25) is 10.0 Å². The zero-order valence-electron chi connectivity index (χ0n) is 7.72. The first kappa shape index (κ1) is 11.1. The van der Waals surface area contributed by atoms with E-state index in [2.05, 4.69) is 0 Å². The third-order valence-electron chi connectivity index (χ3n) is 1.81. The number of hydrogen-bond acceptors (Lipinski definition) is 1. The monoisotopic (exact) mass is 231 g/mol. The van der Waals surface area contributed by atoms with Crippen molar-refractivity contribution in [3.05, 3.63) is 28.2 Å². The van der Waals surface area contributed by atoms with Gasteiger partial charge >= 0.3 is 0 Å². The molecule has 0 aliphatic rings. The van der Waals surface area contributed by atoms with Crippen molar-refractivity contribution in [2.75, 3.05) is 11.4 Å². The van der Waals surface area contributed by atoms with Gasteiger partial charge in [-0.2, -0.15) is 0 Å². The fraction of sp³-hybridized carbons (Fsp3) is 0.222. The standard InChI is InChI=1S/C9H11Cl2N3/c1-2-14(9(12)13)8-4-3-6(10)5-7(8)11/h3-5H,2H2,1H3,(H3,12,13). The van der Waals surface area contributed by atoms with Crippen molar-refractivity contribution in [3.63, 3.8) is 0 Å². The van der Waals surface area contributed by atoms with E-state index in [4.69, 9.17) is 34.3 Å². The molecule has 0 aromatic heterocycles. The first-order chi connectivity index (χ1) is 6.56. The summed E-state index contributed by atoms with van der Waals surface area (Å²) < 4.78 is 0. The quantitative estimate of drug-likeness (QED) is 0.608. The van der Waals surface area contributed by atoms with Crippen molar-refractivity contribution in [1.29, 1.82) is 5.41 Å². The Balaban J connectivity index is 3.10. The maximum Gasteiger partial charge on any atom is 0.192 e. The molecule has 0 radical (unpaired) electrons.